The molecule has 0 spiro atoms. The number of likely N-dealkylation sites (N-methyl/N-ethyl adjacent to an activating group) is 1. The van der Waals surface area contributed by atoms with Gasteiger partial charge in [-0.3, -0.25) is 9.78 Å². The Morgan fingerprint density at radius 1 is 1.31 bits per heavy atom. The Kier molecular flexibility index (Phi) is 5.54. The van der Waals surface area contributed by atoms with Crippen LogP contribution < -0.4 is 4.90 Å². The molecule has 6 nitrogen and oxygen atoms in total. The molecule has 2 aliphatic rings. The van der Waals surface area contributed by atoms with Gasteiger partial charge in [0.1, 0.15) is 6.54 Å². The highest BCUT2D eigenvalue weighted by Gasteiger charge is 2.31. The molecule has 1 N–H and O–H groups in total. The number of ether oxygens (including phenoxy) is 1. The molecule has 3 heterocycles. The molecule has 1 aromatic carbocycles. The van der Waals surface area contributed by atoms with Gasteiger partial charge in [-0.25, -0.2) is 4.79 Å². The minimum Gasteiger partial charge on any atom is -0.449 e. The van der Waals surface area contributed by atoms with Gasteiger partial charge in [0, 0.05) is 30.5 Å². The van der Waals surface area contributed by atoms with Crippen molar-refractivity contribution in [2.75, 3.05) is 26.7 Å². The van der Waals surface area contributed by atoms with Crippen LogP contribution in [0.25, 0.3) is 10.9 Å². The Morgan fingerprint density at radius 2 is 2.10 bits per heavy atom. The summed E-state index contributed by atoms with van der Waals surface area (Å²) in [5.41, 5.74) is 3.33. The van der Waals surface area contributed by atoms with Crippen LogP contribution in [0.3, 0.4) is 0 Å². The Bertz CT molecular complexity index is 942. The van der Waals surface area contributed by atoms with Crippen molar-refractivity contribution in [3.8, 4) is 0 Å². The number of benzene rings is 1. The summed E-state index contributed by atoms with van der Waals surface area (Å²) in [5, 5.41) is 0.803. The van der Waals surface area contributed by atoms with Crippen LogP contribution in [0.1, 0.15) is 48.3 Å². The molecule has 1 aromatic heterocycles. The molecule has 154 valence electrons. The third-order valence-electron chi connectivity index (χ3n) is 6.15. The molecule has 2 aromatic rings. The number of hydrogen-bond donors (Lipinski definition) is 1. The minimum absolute atomic E-state index is 0.0973. The van der Waals surface area contributed by atoms with Crippen LogP contribution in [-0.2, 0) is 22.5 Å². The second-order valence-electron chi connectivity index (χ2n) is 8.64. The van der Waals surface area contributed by atoms with E-state index in [4.69, 9.17) is 9.72 Å². The quantitative estimate of drug-likeness (QED) is 0.801. The van der Waals surface area contributed by atoms with Crippen molar-refractivity contribution in [2.24, 2.45) is 5.92 Å². The zero-order valence-electron chi connectivity index (χ0n) is 17.5. The molecular formula is C23H30N3O3+. The van der Waals surface area contributed by atoms with E-state index in [1.54, 1.807) is 6.92 Å². The number of likely N-dealkylation sites (tertiary alicyclic amines) is 1. The van der Waals surface area contributed by atoms with Crippen molar-refractivity contribution in [3.63, 3.8) is 0 Å². The van der Waals surface area contributed by atoms with Crippen LogP contribution in [0.15, 0.2) is 24.3 Å². The summed E-state index contributed by atoms with van der Waals surface area (Å²) in [4.78, 5) is 34.1. The Labute approximate surface area is 171 Å². The van der Waals surface area contributed by atoms with Crippen molar-refractivity contribution in [1.82, 2.24) is 9.88 Å². The summed E-state index contributed by atoms with van der Waals surface area (Å²) >= 11 is 0. The lowest BCUT2D eigenvalue weighted by Gasteiger charge is -2.32. The predicted octanol–water partition coefficient (Wildman–Crippen LogP) is 1.61. The molecule has 1 fully saturated rings. The number of pyridine rings is 1. The number of carbonyl (C=O) groups excluding carboxylic acids is 2. The first-order valence-corrected chi connectivity index (χ1v) is 10.7. The molecule has 1 unspecified atom stereocenters. The van der Waals surface area contributed by atoms with Gasteiger partial charge >= 0.3 is 5.97 Å². The summed E-state index contributed by atoms with van der Waals surface area (Å²) in [7, 11) is 2.12. The van der Waals surface area contributed by atoms with E-state index in [1.807, 2.05) is 29.2 Å². The number of nitrogens with one attached hydrogen (secondary N) is 1. The van der Waals surface area contributed by atoms with Crippen molar-refractivity contribution in [3.05, 3.63) is 41.1 Å². The first kappa shape index (κ1) is 19.8. The number of nitrogens with zero attached hydrogens (tertiary/aromatic N) is 2. The molecule has 6 heteroatoms. The fourth-order valence-corrected chi connectivity index (χ4v) is 4.57. The number of hydrogen-bond acceptors (Lipinski definition) is 4. The molecule has 29 heavy (non-hydrogen) atoms. The van der Waals surface area contributed by atoms with E-state index in [9.17, 15) is 9.59 Å². The maximum atomic E-state index is 13.3. The number of amides is 1. The highest BCUT2D eigenvalue weighted by molar-refractivity contribution is 6.05. The third kappa shape index (κ3) is 3.99. The van der Waals surface area contributed by atoms with Gasteiger partial charge in [-0.05, 0) is 31.7 Å². The van der Waals surface area contributed by atoms with E-state index in [0.717, 1.165) is 67.6 Å². The molecule has 0 aliphatic carbocycles. The zero-order chi connectivity index (χ0) is 20.5. The lowest BCUT2D eigenvalue weighted by molar-refractivity contribution is -0.895. The van der Waals surface area contributed by atoms with Crippen LogP contribution in [0.2, 0.25) is 0 Å². The first-order chi connectivity index (χ1) is 13.9. The topological polar surface area (TPSA) is 63.9 Å². The molecule has 3 atom stereocenters. The van der Waals surface area contributed by atoms with E-state index < -0.39 is 12.1 Å². The number of para-hydroxylation sites is 1. The van der Waals surface area contributed by atoms with E-state index in [0.29, 0.717) is 11.5 Å². The van der Waals surface area contributed by atoms with Gasteiger partial charge < -0.3 is 14.5 Å². The smallest absolute Gasteiger partial charge is 0.340 e. The van der Waals surface area contributed by atoms with Crippen LogP contribution in [-0.4, -0.2) is 54.5 Å². The third-order valence-corrected chi connectivity index (χ3v) is 6.15. The summed E-state index contributed by atoms with van der Waals surface area (Å²) in [6.45, 7) is 7.06. The SMILES string of the molecule is C[C@H]1CCCN(C(=O)[C@H](C)OC(=O)c2c3c(nc4ccccc24)CC[NH+](C)C3)C1. The molecule has 0 radical (unpaired) electrons. The number of fused-ring (bicyclic) bond motifs is 2. The summed E-state index contributed by atoms with van der Waals surface area (Å²) < 4.78 is 5.73. The Hall–Kier alpha value is -2.47. The van der Waals surface area contributed by atoms with Crippen molar-refractivity contribution in [1.29, 1.82) is 0 Å². The highest BCUT2D eigenvalue weighted by Crippen LogP contribution is 2.26. The lowest BCUT2D eigenvalue weighted by atomic mass is 9.96. The van der Waals surface area contributed by atoms with Crippen molar-refractivity contribution < 1.29 is 19.2 Å². The second-order valence-corrected chi connectivity index (χ2v) is 8.64. The predicted molar refractivity (Wildman–Crippen MR) is 111 cm³/mol. The van der Waals surface area contributed by atoms with Gasteiger partial charge in [0.2, 0.25) is 0 Å². The summed E-state index contributed by atoms with van der Waals surface area (Å²) in [5.74, 6) is -0.0226. The van der Waals surface area contributed by atoms with Crippen LogP contribution in [0.5, 0.6) is 0 Å². The normalized spacial score (nSPS) is 22.8. The van der Waals surface area contributed by atoms with Gasteiger partial charge in [0.05, 0.1) is 30.4 Å². The molecule has 1 amide bonds. The molecule has 1 saturated heterocycles. The first-order valence-electron chi connectivity index (χ1n) is 10.7. The van der Waals surface area contributed by atoms with E-state index >= 15 is 0 Å². The van der Waals surface area contributed by atoms with Gasteiger partial charge in [0.25, 0.3) is 5.91 Å². The number of rotatable bonds is 3. The minimum atomic E-state index is -0.788. The van der Waals surface area contributed by atoms with Crippen LogP contribution >= 0.6 is 0 Å². The average molecular weight is 397 g/mol. The largest absolute Gasteiger partial charge is 0.449 e. The Balaban J connectivity index is 1.63. The average Bonchev–Trinajstić information content (AvgIpc) is 2.71. The van der Waals surface area contributed by atoms with E-state index in [1.165, 1.54) is 4.90 Å². The monoisotopic (exact) mass is 396 g/mol. The number of esters is 1. The number of carbonyl (C=O) groups is 2. The fourth-order valence-electron chi connectivity index (χ4n) is 4.57. The van der Waals surface area contributed by atoms with E-state index in [2.05, 4.69) is 14.0 Å². The molecule has 4 rings (SSSR count). The van der Waals surface area contributed by atoms with Gasteiger partial charge in [-0.2, -0.15) is 0 Å². The van der Waals surface area contributed by atoms with E-state index in [-0.39, 0.29) is 5.91 Å². The maximum Gasteiger partial charge on any atom is 0.340 e. The number of aromatic nitrogens is 1. The van der Waals surface area contributed by atoms with Gasteiger partial charge in [-0.1, -0.05) is 25.1 Å². The summed E-state index contributed by atoms with van der Waals surface area (Å²) in [6, 6.07) is 7.69. The summed E-state index contributed by atoms with van der Waals surface area (Å²) in [6.07, 6.45) is 2.20. The molecule has 0 saturated carbocycles. The number of quaternary nitrogens is 1. The molecular weight excluding hydrogens is 366 g/mol. The second kappa shape index (κ2) is 8.11. The van der Waals surface area contributed by atoms with Crippen LogP contribution in [0, 0.1) is 5.92 Å². The fraction of sp³-hybridized carbons (Fsp3) is 0.522. The Morgan fingerprint density at radius 3 is 2.90 bits per heavy atom. The van der Waals surface area contributed by atoms with Gasteiger partial charge in [-0.15, -0.1) is 0 Å². The number of piperidine rings is 1. The molecule has 0 bridgehead atoms. The highest BCUT2D eigenvalue weighted by atomic mass is 16.5. The van der Waals surface area contributed by atoms with Crippen molar-refractivity contribution in [2.45, 2.75) is 45.8 Å². The van der Waals surface area contributed by atoms with Crippen molar-refractivity contribution >= 4 is 22.8 Å². The standard InChI is InChI=1S/C23H29N3O3/c1-15-7-6-11-26(13-15)22(27)16(2)29-23(28)21-17-8-4-5-9-19(17)24-20-10-12-25(3)14-18(20)21/h4-5,8-9,15-16H,6-7,10-14H2,1-3H3/p+1/t15-,16-/m0/s1. The zero-order valence-corrected chi connectivity index (χ0v) is 17.5. The van der Waals surface area contributed by atoms with Gasteiger partial charge in [0.15, 0.2) is 6.10 Å². The maximum absolute atomic E-state index is 13.3. The lowest BCUT2D eigenvalue weighted by Crippen LogP contribution is -3.08. The molecule has 2 aliphatic heterocycles. The van der Waals surface area contributed by atoms with Crippen LogP contribution in [0.4, 0.5) is 0 Å².